The molecule has 19 heavy (non-hydrogen) atoms. The number of amides is 1. The van der Waals surface area contributed by atoms with Crippen LogP contribution in [0.15, 0.2) is 24.4 Å². The maximum atomic E-state index is 12.0. The Hall–Kier alpha value is -1.88. The SMILES string of the molecule is Cc1cc(C(C)NC(=O)c2ccc(N)cn2)c(C)s1. The summed E-state index contributed by atoms with van der Waals surface area (Å²) in [5, 5.41) is 2.95. The lowest BCUT2D eigenvalue weighted by Crippen LogP contribution is -2.27. The fourth-order valence-corrected chi connectivity index (χ4v) is 2.99. The van der Waals surface area contributed by atoms with Crippen molar-refractivity contribution in [2.75, 3.05) is 5.73 Å². The Morgan fingerprint density at radius 1 is 1.42 bits per heavy atom. The van der Waals surface area contributed by atoms with E-state index in [1.165, 1.54) is 16.0 Å². The van der Waals surface area contributed by atoms with Crippen LogP contribution in [0.2, 0.25) is 0 Å². The zero-order chi connectivity index (χ0) is 14.0. The molecule has 0 aliphatic heterocycles. The van der Waals surface area contributed by atoms with Crippen LogP contribution in [0.4, 0.5) is 5.69 Å². The Labute approximate surface area is 116 Å². The summed E-state index contributed by atoms with van der Waals surface area (Å²) in [4.78, 5) is 18.5. The second kappa shape index (κ2) is 5.40. The molecule has 1 amide bonds. The fourth-order valence-electron chi connectivity index (χ4n) is 1.97. The van der Waals surface area contributed by atoms with Crippen molar-refractivity contribution in [3.8, 4) is 0 Å². The van der Waals surface area contributed by atoms with Crippen molar-refractivity contribution in [3.05, 3.63) is 45.4 Å². The molecule has 100 valence electrons. The summed E-state index contributed by atoms with van der Waals surface area (Å²) < 4.78 is 0. The van der Waals surface area contributed by atoms with Crippen LogP contribution < -0.4 is 11.1 Å². The lowest BCUT2D eigenvalue weighted by molar-refractivity contribution is 0.0935. The number of carbonyl (C=O) groups excluding carboxylic acids is 1. The Balaban J connectivity index is 2.10. The highest BCUT2D eigenvalue weighted by Crippen LogP contribution is 2.26. The van der Waals surface area contributed by atoms with Crippen LogP contribution in [-0.4, -0.2) is 10.9 Å². The molecule has 0 aromatic carbocycles. The first-order valence-corrected chi connectivity index (χ1v) is 6.88. The number of nitrogens with one attached hydrogen (secondary N) is 1. The standard InChI is InChI=1S/C14H17N3OS/c1-8-6-12(10(3)19-8)9(2)17-14(18)13-5-4-11(15)7-16-13/h4-7,9H,15H2,1-3H3,(H,17,18). The number of nitrogen functional groups attached to an aromatic ring is 1. The maximum absolute atomic E-state index is 12.0. The minimum Gasteiger partial charge on any atom is -0.397 e. The summed E-state index contributed by atoms with van der Waals surface area (Å²) in [6, 6.07) is 5.38. The van der Waals surface area contributed by atoms with Gasteiger partial charge >= 0.3 is 0 Å². The molecule has 0 radical (unpaired) electrons. The first-order valence-electron chi connectivity index (χ1n) is 6.06. The van der Waals surface area contributed by atoms with Crippen molar-refractivity contribution in [1.82, 2.24) is 10.3 Å². The third-order valence-electron chi connectivity index (χ3n) is 2.91. The number of carbonyl (C=O) groups is 1. The summed E-state index contributed by atoms with van der Waals surface area (Å²) in [5.41, 5.74) is 7.64. The van der Waals surface area contributed by atoms with Gasteiger partial charge in [-0.05, 0) is 44.5 Å². The summed E-state index contributed by atoms with van der Waals surface area (Å²) in [7, 11) is 0. The topological polar surface area (TPSA) is 68.0 Å². The number of thiophene rings is 1. The van der Waals surface area contributed by atoms with E-state index in [-0.39, 0.29) is 11.9 Å². The van der Waals surface area contributed by atoms with Crippen molar-refractivity contribution < 1.29 is 4.79 Å². The molecule has 0 saturated carbocycles. The van der Waals surface area contributed by atoms with Crippen LogP contribution in [0.5, 0.6) is 0 Å². The van der Waals surface area contributed by atoms with E-state index in [0.29, 0.717) is 11.4 Å². The van der Waals surface area contributed by atoms with Crippen LogP contribution in [0.3, 0.4) is 0 Å². The normalized spacial score (nSPS) is 12.2. The van der Waals surface area contributed by atoms with E-state index in [0.717, 1.165) is 5.56 Å². The van der Waals surface area contributed by atoms with Gasteiger partial charge in [0.2, 0.25) is 0 Å². The van der Waals surface area contributed by atoms with Crippen LogP contribution in [-0.2, 0) is 0 Å². The van der Waals surface area contributed by atoms with Gasteiger partial charge in [0.25, 0.3) is 5.91 Å². The molecule has 0 bridgehead atoms. The first kappa shape index (κ1) is 13.5. The molecule has 2 aromatic heterocycles. The summed E-state index contributed by atoms with van der Waals surface area (Å²) in [5.74, 6) is -0.184. The summed E-state index contributed by atoms with van der Waals surface area (Å²) in [6.45, 7) is 6.11. The number of nitrogens with two attached hydrogens (primary N) is 1. The van der Waals surface area contributed by atoms with Gasteiger partial charge in [-0.2, -0.15) is 0 Å². The molecule has 4 nitrogen and oxygen atoms in total. The smallest absolute Gasteiger partial charge is 0.270 e. The maximum Gasteiger partial charge on any atom is 0.270 e. The predicted octanol–water partition coefficient (Wildman–Crippen LogP) is 2.83. The van der Waals surface area contributed by atoms with Gasteiger partial charge in [-0.3, -0.25) is 4.79 Å². The van der Waals surface area contributed by atoms with E-state index in [9.17, 15) is 4.79 Å². The van der Waals surface area contributed by atoms with Crippen LogP contribution in [0.25, 0.3) is 0 Å². The molecular formula is C14H17N3OS. The van der Waals surface area contributed by atoms with Crippen molar-refractivity contribution in [3.63, 3.8) is 0 Å². The molecule has 2 aromatic rings. The number of nitrogens with zero attached hydrogens (tertiary/aromatic N) is 1. The van der Waals surface area contributed by atoms with Gasteiger partial charge in [0, 0.05) is 9.75 Å². The number of hydrogen-bond donors (Lipinski definition) is 2. The second-order valence-corrected chi connectivity index (χ2v) is 6.00. The van der Waals surface area contributed by atoms with E-state index < -0.39 is 0 Å². The van der Waals surface area contributed by atoms with Gasteiger partial charge < -0.3 is 11.1 Å². The predicted molar refractivity (Wildman–Crippen MR) is 78.3 cm³/mol. The zero-order valence-electron chi connectivity index (χ0n) is 11.2. The van der Waals surface area contributed by atoms with Crippen molar-refractivity contribution in [2.45, 2.75) is 26.8 Å². The molecule has 0 saturated heterocycles. The number of rotatable bonds is 3. The Morgan fingerprint density at radius 2 is 2.16 bits per heavy atom. The van der Waals surface area contributed by atoms with Gasteiger partial charge in [-0.15, -0.1) is 11.3 Å². The van der Waals surface area contributed by atoms with E-state index in [1.54, 1.807) is 23.5 Å². The van der Waals surface area contributed by atoms with Gasteiger partial charge in [0.1, 0.15) is 5.69 Å². The molecule has 0 aliphatic carbocycles. The Kier molecular flexibility index (Phi) is 3.85. The number of hydrogen-bond acceptors (Lipinski definition) is 4. The minimum absolute atomic E-state index is 0.0307. The van der Waals surface area contributed by atoms with Crippen molar-refractivity contribution >= 4 is 22.9 Å². The molecule has 3 N–H and O–H groups in total. The van der Waals surface area contributed by atoms with Gasteiger partial charge in [0.15, 0.2) is 0 Å². The molecule has 0 aliphatic rings. The lowest BCUT2D eigenvalue weighted by Gasteiger charge is -2.13. The molecule has 1 unspecified atom stereocenters. The lowest BCUT2D eigenvalue weighted by atomic mass is 10.1. The highest BCUT2D eigenvalue weighted by atomic mass is 32.1. The number of pyridine rings is 1. The van der Waals surface area contributed by atoms with E-state index in [2.05, 4.69) is 30.2 Å². The number of aryl methyl sites for hydroxylation is 2. The molecule has 5 heteroatoms. The van der Waals surface area contributed by atoms with Gasteiger partial charge in [-0.25, -0.2) is 4.98 Å². The number of anilines is 1. The largest absolute Gasteiger partial charge is 0.397 e. The van der Waals surface area contributed by atoms with Crippen LogP contribution in [0.1, 0.15) is 38.8 Å². The molecule has 1 atom stereocenters. The molecule has 0 spiro atoms. The quantitative estimate of drug-likeness (QED) is 0.905. The van der Waals surface area contributed by atoms with Gasteiger partial charge in [-0.1, -0.05) is 0 Å². The Bertz CT molecular complexity index is 589. The van der Waals surface area contributed by atoms with Crippen LogP contribution in [0, 0.1) is 13.8 Å². The highest BCUT2D eigenvalue weighted by molar-refractivity contribution is 7.12. The third kappa shape index (κ3) is 3.12. The van der Waals surface area contributed by atoms with Crippen LogP contribution >= 0.6 is 11.3 Å². The minimum atomic E-state index is -0.184. The molecule has 2 heterocycles. The zero-order valence-corrected chi connectivity index (χ0v) is 12.0. The molecule has 2 rings (SSSR count). The second-order valence-electron chi connectivity index (χ2n) is 4.54. The molecule has 0 fully saturated rings. The van der Waals surface area contributed by atoms with Crippen molar-refractivity contribution in [1.29, 1.82) is 0 Å². The first-order chi connectivity index (χ1) is 8.97. The van der Waals surface area contributed by atoms with E-state index in [4.69, 9.17) is 5.73 Å². The third-order valence-corrected chi connectivity index (χ3v) is 3.89. The summed E-state index contributed by atoms with van der Waals surface area (Å²) in [6.07, 6.45) is 1.49. The van der Waals surface area contributed by atoms with Gasteiger partial charge in [0.05, 0.1) is 17.9 Å². The average molecular weight is 275 g/mol. The summed E-state index contributed by atoms with van der Waals surface area (Å²) >= 11 is 1.74. The average Bonchev–Trinajstić information content (AvgIpc) is 2.69. The van der Waals surface area contributed by atoms with E-state index >= 15 is 0 Å². The highest BCUT2D eigenvalue weighted by Gasteiger charge is 2.15. The number of aromatic nitrogens is 1. The van der Waals surface area contributed by atoms with E-state index in [1.807, 2.05) is 6.92 Å². The van der Waals surface area contributed by atoms with Crippen molar-refractivity contribution in [2.24, 2.45) is 0 Å². The molecular weight excluding hydrogens is 258 g/mol. The Morgan fingerprint density at radius 3 is 2.68 bits per heavy atom. The fraction of sp³-hybridized carbons (Fsp3) is 0.286. The monoisotopic (exact) mass is 275 g/mol.